The van der Waals surface area contributed by atoms with Gasteiger partial charge < -0.3 is 15.7 Å². The first-order valence-electron chi connectivity index (χ1n) is 5.44. The third-order valence-corrected chi connectivity index (χ3v) is 2.07. The topological polar surface area (TPSA) is 78.4 Å². The number of rotatable bonds is 5. The fourth-order valence-electron chi connectivity index (χ4n) is 1.40. The van der Waals surface area contributed by atoms with Gasteiger partial charge in [-0.3, -0.25) is 4.79 Å². The quantitative estimate of drug-likeness (QED) is 0.629. The molecule has 2 amide bonds. The summed E-state index contributed by atoms with van der Waals surface area (Å²) < 4.78 is 0. The Morgan fingerprint density at radius 3 is 2.35 bits per heavy atom. The van der Waals surface area contributed by atoms with Crippen LogP contribution in [-0.4, -0.2) is 30.2 Å². The molecule has 0 heterocycles. The van der Waals surface area contributed by atoms with Crippen LogP contribution < -0.4 is 10.6 Å². The van der Waals surface area contributed by atoms with Crippen molar-refractivity contribution in [1.82, 2.24) is 10.6 Å². The number of amides is 2. The molecule has 0 radical (unpaired) electrons. The monoisotopic (exact) mass is 240 g/mol. The number of carboxylic acid groups (broad SMARTS) is 1. The molecule has 3 N–H and O–H groups in total. The number of carboxylic acids is 1. The number of urea groups is 1. The smallest absolute Gasteiger partial charge is 0.315 e. The van der Waals surface area contributed by atoms with E-state index < -0.39 is 17.9 Å². The van der Waals surface area contributed by atoms with Gasteiger partial charge in [0.2, 0.25) is 0 Å². The van der Waals surface area contributed by atoms with Crippen molar-refractivity contribution in [2.45, 2.75) is 27.2 Å². The summed E-state index contributed by atoms with van der Waals surface area (Å²) in [7, 11) is 0. The minimum absolute atomic E-state index is 0.0972. The summed E-state index contributed by atoms with van der Waals surface area (Å²) in [6.45, 7) is 6.11. The number of hydrogen-bond acceptors (Lipinski definition) is 2. The van der Waals surface area contributed by atoms with Gasteiger partial charge in [-0.15, -0.1) is 6.42 Å². The molecule has 0 aromatic carbocycles. The molecule has 0 aliphatic carbocycles. The highest BCUT2D eigenvalue weighted by molar-refractivity contribution is 5.76. The fourth-order valence-corrected chi connectivity index (χ4v) is 1.40. The van der Waals surface area contributed by atoms with Crippen LogP contribution in [0.15, 0.2) is 0 Å². The zero-order valence-corrected chi connectivity index (χ0v) is 10.5. The standard InChI is InChI=1S/C12H20N2O3/c1-5-6-13-11(17)14-8-9(10(15)16)7-12(2,3)4/h1,9H,6-8H2,2-4H3,(H,15,16)(H2,13,14,17). The van der Waals surface area contributed by atoms with Crippen molar-refractivity contribution < 1.29 is 14.7 Å². The molecule has 1 unspecified atom stereocenters. The maximum atomic E-state index is 11.2. The second-order valence-electron chi connectivity index (χ2n) is 5.07. The van der Waals surface area contributed by atoms with Crippen molar-refractivity contribution >= 4 is 12.0 Å². The lowest BCUT2D eigenvalue weighted by molar-refractivity contribution is -0.142. The first-order valence-corrected chi connectivity index (χ1v) is 5.44. The van der Waals surface area contributed by atoms with Crippen molar-refractivity contribution in [2.24, 2.45) is 11.3 Å². The molecule has 17 heavy (non-hydrogen) atoms. The highest BCUT2D eigenvalue weighted by atomic mass is 16.4. The van der Waals surface area contributed by atoms with Gasteiger partial charge in [0.05, 0.1) is 12.5 Å². The second-order valence-corrected chi connectivity index (χ2v) is 5.07. The minimum Gasteiger partial charge on any atom is -0.481 e. The van der Waals surface area contributed by atoms with Crippen LogP contribution in [0.5, 0.6) is 0 Å². The lowest BCUT2D eigenvalue weighted by Crippen LogP contribution is -2.40. The normalized spacial score (nSPS) is 12.4. The van der Waals surface area contributed by atoms with E-state index in [0.717, 1.165) is 0 Å². The van der Waals surface area contributed by atoms with Gasteiger partial charge in [0, 0.05) is 6.54 Å². The van der Waals surface area contributed by atoms with Crippen LogP contribution in [0.1, 0.15) is 27.2 Å². The van der Waals surface area contributed by atoms with Crippen LogP contribution in [0.4, 0.5) is 4.79 Å². The molecule has 0 bridgehead atoms. The van der Waals surface area contributed by atoms with E-state index in [-0.39, 0.29) is 18.5 Å². The summed E-state index contributed by atoms with van der Waals surface area (Å²) in [5.41, 5.74) is -0.0972. The Balaban J connectivity index is 4.16. The number of carbonyl (C=O) groups is 2. The summed E-state index contributed by atoms with van der Waals surface area (Å²) in [6.07, 6.45) is 5.48. The number of aliphatic carboxylic acids is 1. The molecule has 0 saturated heterocycles. The Morgan fingerprint density at radius 1 is 1.35 bits per heavy atom. The van der Waals surface area contributed by atoms with Crippen LogP contribution in [-0.2, 0) is 4.79 Å². The van der Waals surface area contributed by atoms with Crippen molar-refractivity contribution in [3.63, 3.8) is 0 Å². The molecular weight excluding hydrogens is 220 g/mol. The van der Waals surface area contributed by atoms with E-state index in [1.54, 1.807) is 0 Å². The van der Waals surface area contributed by atoms with Crippen molar-refractivity contribution in [3.05, 3.63) is 0 Å². The molecule has 0 spiro atoms. The van der Waals surface area contributed by atoms with Crippen LogP contribution in [0.3, 0.4) is 0 Å². The Bertz CT molecular complexity index is 313. The molecule has 1 atom stereocenters. The number of hydrogen-bond donors (Lipinski definition) is 3. The lowest BCUT2D eigenvalue weighted by Gasteiger charge is -2.23. The first-order chi connectivity index (χ1) is 7.76. The van der Waals surface area contributed by atoms with Gasteiger partial charge in [-0.25, -0.2) is 4.79 Å². The predicted molar refractivity (Wildman–Crippen MR) is 65.4 cm³/mol. The van der Waals surface area contributed by atoms with Gasteiger partial charge in [-0.1, -0.05) is 26.7 Å². The zero-order valence-electron chi connectivity index (χ0n) is 10.5. The van der Waals surface area contributed by atoms with Gasteiger partial charge >= 0.3 is 12.0 Å². The summed E-state index contributed by atoms with van der Waals surface area (Å²) in [5.74, 6) is 0.762. The summed E-state index contributed by atoms with van der Waals surface area (Å²) in [6, 6.07) is -0.442. The second kappa shape index (κ2) is 6.79. The van der Waals surface area contributed by atoms with Crippen molar-refractivity contribution in [3.8, 4) is 12.3 Å². The Labute approximate surface area is 102 Å². The molecule has 0 aliphatic heterocycles. The molecule has 0 aromatic heterocycles. The maximum Gasteiger partial charge on any atom is 0.315 e. The van der Waals surface area contributed by atoms with Crippen LogP contribution >= 0.6 is 0 Å². The van der Waals surface area contributed by atoms with Crippen molar-refractivity contribution in [2.75, 3.05) is 13.1 Å². The van der Waals surface area contributed by atoms with E-state index in [1.165, 1.54) is 0 Å². The number of carbonyl (C=O) groups excluding carboxylic acids is 1. The largest absolute Gasteiger partial charge is 0.481 e. The maximum absolute atomic E-state index is 11.2. The average molecular weight is 240 g/mol. The molecule has 0 saturated carbocycles. The van der Waals surface area contributed by atoms with Crippen LogP contribution in [0.2, 0.25) is 0 Å². The van der Waals surface area contributed by atoms with E-state index >= 15 is 0 Å². The minimum atomic E-state index is -0.905. The molecule has 0 rings (SSSR count). The predicted octanol–water partition coefficient (Wildman–Crippen LogP) is 1.06. The summed E-state index contributed by atoms with van der Waals surface area (Å²) >= 11 is 0. The van der Waals surface area contributed by atoms with Gasteiger partial charge in [0.15, 0.2) is 0 Å². The van der Waals surface area contributed by atoms with Crippen molar-refractivity contribution in [1.29, 1.82) is 0 Å². The highest BCUT2D eigenvalue weighted by Crippen LogP contribution is 2.24. The van der Waals surface area contributed by atoms with Crippen LogP contribution in [0, 0.1) is 23.7 Å². The fraction of sp³-hybridized carbons (Fsp3) is 0.667. The third-order valence-electron chi connectivity index (χ3n) is 2.07. The number of nitrogens with one attached hydrogen (secondary N) is 2. The third kappa shape index (κ3) is 8.14. The molecule has 0 aliphatic rings. The van der Waals surface area contributed by atoms with Crippen LogP contribution in [0.25, 0.3) is 0 Å². The Morgan fingerprint density at radius 2 is 1.94 bits per heavy atom. The van der Waals surface area contributed by atoms with Gasteiger partial charge in [-0.05, 0) is 11.8 Å². The Hall–Kier alpha value is -1.70. The zero-order chi connectivity index (χ0) is 13.5. The molecular formula is C12H20N2O3. The molecule has 5 heteroatoms. The summed E-state index contributed by atoms with van der Waals surface area (Å²) in [4.78, 5) is 22.2. The SMILES string of the molecule is C#CCNC(=O)NCC(CC(C)(C)C)C(=O)O. The van der Waals surface area contributed by atoms with E-state index in [2.05, 4.69) is 16.6 Å². The van der Waals surface area contributed by atoms with Gasteiger partial charge in [0.25, 0.3) is 0 Å². The molecule has 96 valence electrons. The van der Waals surface area contributed by atoms with E-state index in [9.17, 15) is 9.59 Å². The van der Waals surface area contributed by atoms with Gasteiger partial charge in [0.1, 0.15) is 0 Å². The van der Waals surface area contributed by atoms with E-state index in [1.807, 2.05) is 20.8 Å². The highest BCUT2D eigenvalue weighted by Gasteiger charge is 2.24. The van der Waals surface area contributed by atoms with Gasteiger partial charge in [-0.2, -0.15) is 0 Å². The van der Waals surface area contributed by atoms with E-state index in [0.29, 0.717) is 6.42 Å². The molecule has 5 nitrogen and oxygen atoms in total. The van der Waals surface area contributed by atoms with E-state index in [4.69, 9.17) is 11.5 Å². The average Bonchev–Trinajstić information content (AvgIpc) is 2.19. The molecule has 0 fully saturated rings. The molecule has 0 aromatic rings. The first kappa shape index (κ1) is 15.3. The lowest BCUT2D eigenvalue weighted by atomic mass is 9.84. The summed E-state index contributed by atoms with van der Waals surface area (Å²) in [5, 5.41) is 13.9. The Kier molecular flexibility index (Phi) is 6.11. The number of terminal acetylenes is 1.